The van der Waals surface area contributed by atoms with Gasteiger partial charge in [0.25, 0.3) is 0 Å². The van der Waals surface area contributed by atoms with Crippen molar-refractivity contribution >= 4 is 17.3 Å². The SMILES string of the molecule is CCN(CC1CCCNC1)c1cc(Cl)ccc1C#N. The van der Waals surface area contributed by atoms with Gasteiger partial charge in [-0.15, -0.1) is 0 Å². The molecule has 1 aromatic rings. The van der Waals surface area contributed by atoms with Gasteiger partial charge in [0.15, 0.2) is 0 Å². The summed E-state index contributed by atoms with van der Waals surface area (Å²) < 4.78 is 0. The zero-order valence-corrected chi connectivity index (χ0v) is 12.1. The molecular formula is C15H20ClN3. The van der Waals surface area contributed by atoms with E-state index in [1.54, 1.807) is 12.1 Å². The third-order valence-corrected chi connectivity index (χ3v) is 3.92. The fraction of sp³-hybridized carbons (Fsp3) is 0.533. The zero-order chi connectivity index (χ0) is 13.7. The lowest BCUT2D eigenvalue weighted by atomic mass is 9.98. The number of hydrogen-bond donors (Lipinski definition) is 1. The molecule has 102 valence electrons. The Morgan fingerprint density at radius 3 is 3.00 bits per heavy atom. The number of nitriles is 1. The highest BCUT2D eigenvalue weighted by Crippen LogP contribution is 2.26. The second-order valence-corrected chi connectivity index (χ2v) is 5.46. The summed E-state index contributed by atoms with van der Waals surface area (Å²) in [6.45, 7) is 6.20. The number of hydrogen-bond acceptors (Lipinski definition) is 3. The maximum absolute atomic E-state index is 9.23. The molecule has 0 aromatic heterocycles. The minimum Gasteiger partial charge on any atom is -0.370 e. The Labute approximate surface area is 120 Å². The van der Waals surface area contributed by atoms with Crippen LogP contribution in [0.1, 0.15) is 25.3 Å². The number of piperidine rings is 1. The van der Waals surface area contributed by atoms with E-state index in [2.05, 4.69) is 23.2 Å². The number of halogens is 1. The molecule has 1 saturated heterocycles. The molecule has 1 atom stereocenters. The number of anilines is 1. The van der Waals surface area contributed by atoms with Crippen molar-refractivity contribution in [2.75, 3.05) is 31.1 Å². The van der Waals surface area contributed by atoms with E-state index in [0.717, 1.165) is 31.9 Å². The Kier molecular flexibility index (Phi) is 5.07. The van der Waals surface area contributed by atoms with E-state index in [1.807, 2.05) is 6.07 Å². The molecule has 0 amide bonds. The predicted octanol–water partition coefficient (Wildman–Crippen LogP) is 3.04. The first-order valence-electron chi connectivity index (χ1n) is 6.90. The largest absolute Gasteiger partial charge is 0.370 e. The van der Waals surface area contributed by atoms with Gasteiger partial charge in [-0.25, -0.2) is 0 Å². The Morgan fingerprint density at radius 2 is 2.37 bits per heavy atom. The molecule has 1 unspecified atom stereocenters. The van der Waals surface area contributed by atoms with Crippen molar-refractivity contribution in [3.8, 4) is 6.07 Å². The second kappa shape index (κ2) is 6.79. The molecule has 0 bridgehead atoms. The van der Waals surface area contributed by atoms with Crippen molar-refractivity contribution in [1.29, 1.82) is 5.26 Å². The highest BCUT2D eigenvalue weighted by atomic mass is 35.5. The first-order valence-corrected chi connectivity index (χ1v) is 7.27. The van der Waals surface area contributed by atoms with Crippen molar-refractivity contribution < 1.29 is 0 Å². The second-order valence-electron chi connectivity index (χ2n) is 5.02. The summed E-state index contributed by atoms with van der Waals surface area (Å²) in [6, 6.07) is 7.74. The molecule has 0 aliphatic carbocycles. The van der Waals surface area contributed by atoms with Crippen molar-refractivity contribution in [2.24, 2.45) is 5.92 Å². The van der Waals surface area contributed by atoms with Gasteiger partial charge in [-0.3, -0.25) is 0 Å². The van der Waals surface area contributed by atoms with Crippen LogP contribution in [0.15, 0.2) is 18.2 Å². The molecule has 0 saturated carbocycles. The van der Waals surface area contributed by atoms with Crippen LogP contribution in [-0.4, -0.2) is 26.2 Å². The molecule has 4 heteroatoms. The van der Waals surface area contributed by atoms with E-state index in [9.17, 15) is 5.26 Å². The molecule has 0 spiro atoms. The standard InChI is InChI=1S/C15H20ClN3/c1-2-19(11-12-4-3-7-18-10-12)15-8-14(16)6-5-13(15)9-17/h5-6,8,12,18H,2-4,7,10-11H2,1H3. The van der Waals surface area contributed by atoms with E-state index in [0.29, 0.717) is 16.5 Å². The first-order chi connectivity index (χ1) is 9.24. The summed E-state index contributed by atoms with van der Waals surface area (Å²) in [5.41, 5.74) is 1.66. The van der Waals surface area contributed by atoms with Crippen LogP contribution in [0.5, 0.6) is 0 Å². The number of benzene rings is 1. The third kappa shape index (κ3) is 3.62. The molecule has 1 fully saturated rings. The number of rotatable bonds is 4. The van der Waals surface area contributed by atoms with E-state index < -0.39 is 0 Å². The van der Waals surface area contributed by atoms with Gasteiger partial charge < -0.3 is 10.2 Å². The molecule has 1 N–H and O–H groups in total. The molecule has 2 rings (SSSR count). The summed E-state index contributed by atoms with van der Waals surface area (Å²) >= 11 is 6.07. The van der Waals surface area contributed by atoms with Crippen molar-refractivity contribution in [3.63, 3.8) is 0 Å². The van der Waals surface area contributed by atoms with Crippen LogP contribution >= 0.6 is 11.6 Å². The van der Waals surface area contributed by atoms with Crippen LogP contribution in [0.2, 0.25) is 5.02 Å². The van der Waals surface area contributed by atoms with Gasteiger partial charge in [0.2, 0.25) is 0 Å². The van der Waals surface area contributed by atoms with Gasteiger partial charge in [0.1, 0.15) is 6.07 Å². The predicted molar refractivity (Wildman–Crippen MR) is 79.6 cm³/mol. The van der Waals surface area contributed by atoms with Gasteiger partial charge in [-0.2, -0.15) is 5.26 Å². The minimum atomic E-state index is 0.652. The molecule has 1 aliphatic heterocycles. The summed E-state index contributed by atoms with van der Waals surface area (Å²) in [4.78, 5) is 2.27. The smallest absolute Gasteiger partial charge is 0.101 e. The van der Waals surface area contributed by atoms with Gasteiger partial charge in [-0.1, -0.05) is 11.6 Å². The quantitative estimate of drug-likeness (QED) is 0.919. The van der Waals surface area contributed by atoms with Crippen molar-refractivity contribution in [2.45, 2.75) is 19.8 Å². The lowest BCUT2D eigenvalue weighted by molar-refractivity contribution is 0.378. The van der Waals surface area contributed by atoms with E-state index in [1.165, 1.54) is 12.8 Å². The highest BCUT2D eigenvalue weighted by Gasteiger charge is 2.18. The molecule has 1 aliphatic rings. The third-order valence-electron chi connectivity index (χ3n) is 3.68. The van der Waals surface area contributed by atoms with E-state index >= 15 is 0 Å². The Morgan fingerprint density at radius 1 is 1.53 bits per heavy atom. The molecule has 0 radical (unpaired) electrons. The zero-order valence-electron chi connectivity index (χ0n) is 11.3. The fourth-order valence-corrected chi connectivity index (χ4v) is 2.82. The lowest BCUT2D eigenvalue weighted by Gasteiger charge is -2.31. The van der Waals surface area contributed by atoms with Crippen molar-refractivity contribution in [1.82, 2.24) is 5.32 Å². The van der Waals surface area contributed by atoms with Gasteiger partial charge in [0, 0.05) is 18.1 Å². The Hall–Kier alpha value is -1.24. The molecule has 1 aromatic carbocycles. The minimum absolute atomic E-state index is 0.652. The van der Waals surface area contributed by atoms with Crippen LogP contribution in [0, 0.1) is 17.2 Å². The van der Waals surface area contributed by atoms with Gasteiger partial charge in [0.05, 0.1) is 11.3 Å². The Bertz CT molecular complexity index is 461. The number of nitrogens with one attached hydrogen (secondary N) is 1. The summed E-state index contributed by atoms with van der Waals surface area (Å²) in [7, 11) is 0. The normalized spacial score (nSPS) is 18.9. The number of nitrogens with zero attached hydrogens (tertiary/aromatic N) is 2. The van der Waals surface area contributed by atoms with Crippen LogP contribution in [-0.2, 0) is 0 Å². The lowest BCUT2D eigenvalue weighted by Crippen LogP contribution is -2.38. The average molecular weight is 278 g/mol. The van der Waals surface area contributed by atoms with Crippen molar-refractivity contribution in [3.05, 3.63) is 28.8 Å². The molecule has 19 heavy (non-hydrogen) atoms. The molecular weight excluding hydrogens is 258 g/mol. The summed E-state index contributed by atoms with van der Waals surface area (Å²) in [5.74, 6) is 0.652. The average Bonchev–Trinajstić information content (AvgIpc) is 2.46. The Balaban J connectivity index is 2.16. The van der Waals surface area contributed by atoms with Crippen LogP contribution in [0.25, 0.3) is 0 Å². The molecule has 1 heterocycles. The first kappa shape index (κ1) is 14.2. The highest BCUT2D eigenvalue weighted by molar-refractivity contribution is 6.30. The van der Waals surface area contributed by atoms with E-state index in [-0.39, 0.29) is 0 Å². The van der Waals surface area contributed by atoms with Crippen LogP contribution < -0.4 is 10.2 Å². The van der Waals surface area contributed by atoms with Gasteiger partial charge >= 0.3 is 0 Å². The fourth-order valence-electron chi connectivity index (χ4n) is 2.65. The topological polar surface area (TPSA) is 39.1 Å². The maximum Gasteiger partial charge on any atom is 0.101 e. The monoisotopic (exact) mass is 277 g/mol. The summed E-state index contributed by atoms with van der Waals surface area (Å²) in [5, 5.41) is 13.4. The maximum atomic E-state index is 9.23. The molecule has 3 nitrogen and oxygen atoms in total. The van der Waals surface area contributed by atoms with Crippen LogP contribution in [0.3, 0.4) is 0 Å². The van der Waals surface area contributed by atoms with Crippen LogP contribution in [0.4, 0.5) is 5.69 Å². The van der Waals surface area contributed by atoms with E-state index in [4.69, 9.17) is 11.6 Å². The van der Waals surface area contributed by atoms with Gasteiger partial charge in [-0.05, 0) is 57.0 Å². The summed E-state index contributed by atoms with van der Waals surface area (Å²) in [6.07, 6.45) is 2.49.